The summed E-state index contributed by atoms with van der Waals surface area (Å²) < 4.78 is 5.74. The molecule has 0 aromatic carbocycles. The average molecular weight is 206 g/mol. The number of rotatable bonds is 4. The predicted molar refractivity (Wildman–Crippen MR) is 56.2 cm³/mol. The fourth-order valence-electron chi connectivity index (χ4n) is 0.726. The van der Waals surface area contributed by atoms with Crippen molar-refractivity contribution in [1.82, 2.24) is 0 Å². The van der Waals surface area contributed by atoms with Gasteiger partial charge in [-0.05, 0) is 18.1 Å². The first-order chi connectivity index (χ1) is 5.74. The second kappa shape index (κ2) is 4.55. The van der Waals surface area contributed by atoms with Crippen LogP contribution in [0.3, 0.4) is 0 Å². The lowest BCUT2D eigenvalue weighted by atomic mass is 10.2. The maximum Gasteiger partial charge on any atom is 0.192 e. The minimum Gasteiger partial charge on any atom is -0.409 e. The van der Waals surface area contributed by atoms with Gasteiger partial charge in [-0.25, -0.2) is 0 Å². The summed E-state index contributed by atoms with van der Waals surface area (Å²) >= 11 is 0. The van der Waals surface area contributed by atoms with E-state index in [4.69, 9.17) is 14.6 Å². The van der Waals surface area contributed by atoms with Crippen molar-refractivity contribution in [2.75, 3.05) is 13.2 Å². The molecular weight excluding hydrogens is 184 g/mol. The largest absolute Gasteiger partial charge is 0.409 e. The SMILES string of the molecule is CC(C)(C)[Si](C)(C)OC(CO)CO. The first kappa shape index (κ1) is 13.1. The van der Waals surface area contributed by atoms with Crippen molar-refractivity contribution in [2.24, 2.45) is 0 Å². The van der Waals surface area contributed by atoms with Gasteiger partial charge in [0.2, 0.25) is 0 Å². The van der Waals surface area contributed by atoms with Crippen LogP contribution >= 0.6 is 0 Å². The van der Waals surface area contributed by atoms with Crippen LogP contribution in [0.15, 0.2) is 0 Å². The van der Waals surface area contributed by atoms with E-state index in [1.54, 1.807) is 0 Å². The van der Waals surface area contributed by atoms with E-state index in [2.05, 4.69) is 33.9 Å². The van der Waals surface area contributed by atoms with E-state index in [-0.39, 0.29) is 18.3 Å². The van der Waals surface area contributed by atoms with Crippen molar-refractivity contribution in [3.8, 4) is 0 Å². The molecule has 0 radical (unpaired) electrons. The zero-order valence-corrected chi connectivity index (χ0v) is 10.3. The monoisotopic (exact) mass is 206 g/mol. The molecule has 0 bridgehead atoms. The quantitative estimate of drug-likeness (QED) is 0.683. The van der Waals surface area contributed by atoms with Crippen LogP contribution in [0.2, 0.25) is 18.1 Å². The van der Waals surface area contributed by atoms with Crippen LogP contribution in [0.4, 0.5) is 0 Å². The van der Waals surface area contributed by atoms with Gasteiger partial charge < -0.3 is 14.6 Å². The molecule has 0 saturated carbocycles. The second-order valence-corrected chi connectivity index (χ2v) is 9.62. The van der Waals surface area contributed by atoms with Gasteiger partial charge in [0.25, 0.3) is 0 Å². The molecule has 0 heterocycles. The minimum absolute atomic E-state index is 0.108. The van der Waals surface area contributed by atoms with Crippen LogP contribution in [0.1, 0.15) is 20.8 Å². The van der Waals surface area contributed by atoms with Gasteiger partial charge in [0.15, 0.2) is 8.32 Å². The third-order valence-corrected chi connectivity index (χ3v) is 7.21. The second-order valence-electron chi connectivity index (χ2n) is 4.87. The van der Waals surface area contributed by atoms with Gasteiger partial charge in [-0.1, -0.05) is 20.8 Å². The number of aliphatic hydroxyl groups excluding tert-OH is 2. The first-order valence-electron chi connectivity index (χ1n) is 4.64. The molecular formula is C9H22O3Si. The van der Waals surface area contributed by atoms with Gasteiger partial charge in [0, 0.05) is 0 Å². The van der Waals surface area contributed by atoms with Gasteiger partial charge in [0.1, 0.15) is 0 Å². The first-order valence-corrected chi connectivity index (χ1v) is 7.55. The van der Waals surface area contributed by atoms with Crippen LogP contribution in [-0.4, -0.2) is 37.8 Å². The van der Waals surface area contributed by atoms with Crippen molar-refractivity contribution in [1.29, 1.82) is 0 Å². The van der Waals surface area contributed by atoms with Gasteiger partial charge in [-0.15, -0.1) is 0 Å². The summed E-state index contributed by atoms with van der Waals surface area (Å²) in [6.45, 7) is 10.4. The molecule has 0 aromatic rings. The third-order valence-electron chi connectivity index (χ3n) is 2.67. The van der Waals surface area contributed by atoms with Gasteiger partial charge in [-0.2, -0.15) is 0 Å². The molecule has 4 heteroatoms. The van der Waals surface area contributed by atoms with Crippen LogP contribution in [0.5, 0.6) is 0 Å². The molecule has 0 fully saturated rings. The number of aliphatic hydroxyl groups is 2. The fraction of sp³-hybridized carbons (Fsp3) is 1.00. The summed E-state index contributed by atoms with van der Waals surface area (Å²) in [5.74, 6) is 0. The topological polar surface area (TPSA) is 49.7 Å². The van der Waals surface area contributed by atoms with Gasteiger partial charge >= 0.3 is 0 Å². The van der Waals surface area contributed by atoms with E-state index in [1.165, 1.54) is 0 Å². The molecule has 0 aliphatic carbocycles. The smallest absolute Gasteiger partial charge is 0.192 e. The molecule has 13 heavy (non-hydrogen) atoms. The van der Waals surface area contributed by atoms with E-state index < -0.39 is 14.4 Å². The van der Waals surface area contributed by atoms with Crippen molar-refractivity contribution in [2.45, 2.75) is 45.0 Å². The summed E-state index contributed by atoms with van der Waals surface area (Å²) in [5, 5.41) is 17.9. The molecule has 0 spiro atoms. The molecule has 0 aromatic heterocycles. The molecule has 0 aliphatic rings. The van der Waals surface area contributed by atoms with Crippen LogP contribution < -0.4 is 0 Å². The van der Waals surface area contributed by atoms with Crippen molar-refractivity contribution >= 4 is 8.32 Å². The zero-order chi connectivity index (χ0) is 10.7. The third kappa shape index (κ3) is 3.77. The lowest BCUT2D eigenvalue weighted by molar-refractivity contribution is 0.0529. The summed E-state index contributed by atoms with van der Waals surface area (Å²) in [4.78, 5) is 0. The molecule has 0 amide bonds. The normalized spacial score (nSPS) is 13.8. The summed E-state index contributed by atoms with van der Waals surface area (Å²) in [7, 11) is -1.83. The Morgan fingerprint density at radius 2 is 1.54 bits per heavy atom. The summed E-state index contributed by atoms with van der Waals surface area (Å²) in [6.07, 6.45) is -0.416. The average Bonchev–Trinajstić information content (AvgIpc) is 1.98. The van der Waals surface area contributed by atoms with Crippen molar-refractivity contribution < 1.29 is 14.6 Å². The van der Waals surface area contributed by atoms with E-state index >= 15 is 0 Å². The van der Waals surface area contributed by atoms with Crippen molar-refractivity contribution in [3.05, 3.63) is 0 Å². The molecule has 0 atom stereocenters. The Balaban J connectivity index is 4.31. The maximum absolute atomic E-state index is 8.89. The minimum atomic E-state index is -1.83. The standard InChI is InChI=1S/C9H22O3Si/c1-9(2,3)13(4,5)12-8(6-10)7-11/h8,10-11H,6-7H2,1-5H3. The summed E-state index contributed by atoms with van der Waals surface area (Å²) in [5.41, 5.74) is 0. The highest BCUT2D eigenvalue weighted by Gasteiger charge is 2.38. The molecule has 2 N–H and O–H groups in total. The van der Waals surface area contributed by atoms with E-state index in [0.717, 1.165) is 0 Å². The molecule has 0 aliphatic heterocycles. The summed E-state index contributed by atoms with van der Waals surface area (Å²) in [6, 6.07) is 0. The Morgan fingerprint density at radius 3 is 1.77 bits per heavy atom. The predicted octanol–water partition coefficient (Wildman–Crippen LogP) is 1.36. The van der Waals surface area contributed by atoms with Gasteiger partial charge in [0.05, 0.1) is 19.3 Å². The number of hydrogen-bond donors (Lipinski definition) is 2. The highest BCUT2D eigenvalue weighted by Crippen LogP contribution is 2.37. The fourth-order valence-corrected chi connectivity index (χ4v) is 2.06. The lowest BCUT2D eigenvalue weighted by Crippen LogP contribution is -2.45. The van der Waals surface area contributed by atoms with E-state index in [0.29, 0.717) is 0 Å². The van der Waals surface area contributed by atoms with E-state index in [1.807, 2.05) is 0 Å². The molecule has 80 valence electrons. The Kier molecular flexibility index (Phi) is 4.58. The molecule has 0 rings (SSSR count). The lowest BCUT2D eigenvalue weighted by Gasteiger charge is -2.38. The molecule has 3 nitrogen and oxygen atoms in total. The van der Waals surface area contributed by atoms with E-state index in [9.17, 15) is 0 Å². The zero-order valence-electron chi connectivity index (χ0n) is 9.29. The van der Waals surface area contributed by atoms with Crippen molar-refractivity contribution in [3.63, 3.8) is 0 Å². The Bertz CT molecular complexity index is 147. The van der Waals surface area contributed by atoms with Crippen LogP contribution in [0, 0.1) is 0 Å². The Hall–Kier alpha value is 0.0969. The molecule has 0 saturated heterocycles. The Morgan fingerprint density at radius 1 is 1.15 bits per heavy atom. The van der Waals surface area contributed by atoms with Crippen LogP contribution in [0.25, 0.3) is 0 Å². The van der Waals surface area contributed by atoms with Gasteiger partial charge in [-0.3, -0.25) is 0 Å². The highest BCUT2D eigenvalue weighted by molar-refractivity contribution is 6.74. The van der Waals surface area contributed by atoms with Crippen LogP contribution in [-0.2, 0) is 4.43 Å². The Labute approximate surface area is 81.9 Å². The highest BCUT2D eigenvalue weighted by atomic mass is 28.4. The molecule has 0 unspecified atom stereocenters. The number of hydrogen-bond acceptors (Lipinski definition) is 3. The maximum atomic E-state index is 8.89.